The van der Waals surface area contributed by atoms with Crippen molar-refractivity contribution in [3.63, 3.8) is 0 Å². The highest BCUT2D eigenvalue weighted by molar-refractivity contribution is 5.93. The molecule has 3 aliphatic heterocycles. The molecule has 1 aromatic carbocycles. The molecule has 0 aliphatic carbocycles. The Labute approximate surface area is 156 Å². The van der Waals surface area contributed by atoms with Crippen LogP contribution in [-0.4, -0.2) is 51.0 Å². The van der Waals surface area contributed by atoms with Gasteiger partial charge in [-0.15, -0.1) is 5.10 Å². The topological polar surface area (TPSA) is 128 Å². The second kappa shape index (κ2) is 6.99. The summed E-state index contributed by atoms with van der Waals surface area (Å²) in [5, 5.41) is 20.2. The number of amides is 2. The van der Waals surface area contributed by atoms with Crippen LogP contribution in [0.5, 0.6) is 5.75 Å². The molecule has 0 radical (unpaired) electrons. The number of hydrogen-bond donors (Lipinski definition) is 4. The lowest BCUT2D eigenvalue weighted by atomic mass is 9.75. The van der Waals surface area contributed by atoms with Crippen LogP contribution in [0.1, 0.15) is 23.3 Å². The summed E-state index contributed by atoms with van der Waals surface area (Å²) in [4.78, 5) is 25.3. The lowest BCUT2D eigenvalue weighted by Crippen LogP contribution is -3.20. The monoisotopic (exact) mass is 371 g/mol. The molecule has 2 amide bonds. The summed E-state index contributed by atoms with van der Waals surface area (Å²) in [6.07, 6.45) is 3.53. The molecule has 0 saturated carbocycles. The van der Waals surface area contributed by atoms with Gasteiger partial charge in [0.05, 0.1) is 31.7 Å². The van der Waals surface area contributed by atoms with E-state index in [1.54, 1.807) is 35.1 Å². The van der Waals surface area contributed by atoms with Crippen LogP contribution in [-0.2, 0) is 11.3 Å². The van der Waals surface area contributed by atoms with Gasteiger partial charge in [-0.05, 0) is 18.1 Å². The number of piperidine rings is 3. The molecule has 9 nitrogen and oxygen atoms in total. The minimum Gasteiger partial charge on any atom is -0.508 e. The highest BCUT2D eigenvalue weighted by Crippen LogP contribution is 2.29. The number of quaternary nitrogens is 1. The van der Waals surface area contributed by atoms with Crippen molar-refractivity contribution in [1.29, 1.82) is 0 Å². The Balaban J connectivity index is 1.39. The van der Waals surface area contributed by atoms with E-state index in [1.807, 2.05) is 0 Å². The van der Waals surface area contributed by atoms with Crippen molar-refractivity contribution in [2.24, 2.45) is 17.6 Å². The molecule has 1 aromatic heterocycles. The van der Waals surface area contributed by atoms with E-state index < -0.39 is 5.91 Å². The molecule has 4 heterocycles. The van der Waals surface area contributed by atoms with Gasteiger partial charge in [-0.3, -0.25) is 9.59 Å². The Morgan fingerprint density at radius 3 is 2.93 bits per heavy atom. The van der Waals surface area contributed by atoms with Crippen molar-refractivity contribution in [2.45, 2.75) is 25.4 Å². The minimum atomic E-state index is -0.581. The number of carbonyl (C=O) groups is 2. The van der Waals surface area contributed by atoms with Gasteiger partial charge in [0.1, 0.15) is 11.8 Å². The Bertz CT molecular complexity index is 866. The highest BCUT2D eigenvalue weighted by atomic mass is 16.3. The number of benzene rings is 1. The number of phenolic OH excluding ortho intramolecular Hbond substituents is 1. The van der Waals surface area contributed by atoms with Crippen LogP contribution in [0.3, 0.4) is 0 Å². The lowest BCUT2D eigenvalue weighted by molar-refractivity contribution is -0.945. The number of hydrogen-bond acceptors (Lipinski definition) is 5. The number of nitrogens with two attached hydrogens (primary N) is 1. The third-order valence-electron chi connectivity index (χ3n) is 5.70. The predicted octanol–water partition coefficient (Wildman–Crippen LogP) is -0.985. The van der Waals surface area contributed by atoms with Gasteiger partial charge in [0.25, 0.3) is 5.91 Å². The first-order chi connectivity index (χ1) is 13.0. The second-order valence-corrected chi connectivity index (χ2v) is 7.43. The first-order valence-electron chi connectivity index (χ1n) is 9.14. The largest absolute Gasteiger partial charge is 0.508 e. The molecule has 4 atom stereocenters. The lowest BCUT2D eigenvalue weighted by Gasteiger charge is -2.46. The van der Waals surface area contributed by atoms with Gasteiger partial charge in [-0.25, -0.2) is 4.68 Å². The molecule has 0 spiro atoms. The molecule has 2 aromatic rings. The van der Waals surface area contributed by atoms with Crippen molar-refractivity contribution < 1.29 is 19.6 Å². The van der Waals surface area contributed by atoms with E-state index in [4.69, 9.17) is 5.73 Å². The number of nitrogens with one attached hydrogen (secondary N) is 2. The maximum absolute atomic E-state index is 12.7. The Morgan fingerprint density at radius 2 is 2.26 bits per heavy atom. The number of carbonyl (C=O) groups excluding carboxylic acids is 2. The Kier molecular flexibility index (Phi) is 4.53. The van der Waals surface area contributed by atoms with Crippen LogP contribution >= 0.6 is 0 Å². The average molecular weight is 371 g/mol. The highest BCUT2D eigenvalue weighted by Gasteiger charge is 2.46. The molecule has 3 fully saturated rings. The smallest absolute Gasteiger partial charge is 0.270 e. The average Bonchev–Trinajstić information content (AvgIpc) is 3.11. The summed E-state index contributed by atoms with van der Waals surface area (Å²) in [6.45, 7) is 2.47. The van der Waals surface area contributed by atoms with Crippen LogP contribution in [0.2, 0.25) is 0 Å². The minimum absolute atomic E-state index is 0.0121. The van der Waals surface area contributed by atoms with Gasteiger partial charge in [-0.2, -0.15) is 0 Å². The molecule has 5 rings (SSSR count). The molecule has 3 aliphatic rings. The number of aromatic hydroxyl groups is 1. The Hall–Kier alpha value is -2.94. The normalized spacial score (nSPS) is 26.7. The molecule has 5 N–H and O–H groups in total. The van der Waals surface area contributed by atoms with Crippen molar-refractivity contribution in [2.75, 3.05) is 18.4 Å². The fourth-order valence-electron chi connectivity index (χ4n) is 4.36. The van der Waals surface area contributed by atoms with Gasteiger partial charge in [0.2, 0.25) is 5.91 Å². The van der Waals surface area contributed by atoms with Crippen molar-refractivity contribution in [3.05, 3.63) is 36.2 Å². The number of fused-ring (bicyclic) bond motifs is 3. The zero-order chi connectivity index (χ0) is 19.0. The van der Waals surface area contributed by atoms with E-state index in [2.05, 4.69) is 15.6 Å². The summed E-state index contributed by atoms with van der Waals surface area (Å²) in [7, 11) is 0. The van der Waals surface area contributed by atoms with Crippen LogP contribution < -0.4 is 16.0 Å². The maximum Gasteiger partial charge on any atom is 0.270 e. The Morgan fingerprint density at radius 1 is 1.41 bits per heavy atom. The van der Waals surface area contributed by atoms with E-state index in [1.165, 1.54) is 4.90 Å². The number of rotatable bonds is 5. The number of anilines is 1. The zero-order valence-electron chi connectivity index (χ0n) is 14.8. The summed E-state index contributed by atoms with van der Waals surface area (Å²) in [5.74, 6) is -0.149. The molecule has 142 valence electrons. The maximum atomic E-state index is 12.7. The number of phenols is 1. The van der Waals surface area contributed by atoms with Crippen molar-refractivity contribution in [1.82, 2.24) is 15.0 Å². The zero-order valence-corrected chi connectivity index (χ0v) is 14.8. The van der Waals surface area contributed by atoms with Crippen LogP contribution in [0.15, 0.2) is 30.5 Å². The number of aromatic nitrogens is 3. The predicted molar refractivity (Wildman–Crippen MR) is 96.0 cm³/mol. The van der Waals surface area contributed by atoms with E-state index in [-0.39, 0.29) is 23.3 Å². The van der Waals surface area contributed by atoms with Crippen LogP contribution in [0, 0.1) is 11.8 Å². The SMILES string of the molecule is NC(=O)c1cn(C[C@H]2C[C@@H]3CC[NH+]2C[C@@H]3C(=O)Nc2cccc(O)c2)nn1. The first-order valence-corrected chi connectivity index (χ1v) is 9.14. The fraction of sp³-hybridized carbons (Fsp3) is 0.444. The van der Waals surface area contributed by atoms with E-state index >= 15 is 0 Å². The molecule has 9 heteroatoms. The van der Waals surface area contributed by atoms with Gasteiger partial charge in [-0.1, -0.05) is 11.3 Å². The van der Waals surface area contributed by atoms with Crippen molar-refractivity contribution >= 4 is 17.5 Å². The van der Waals surface area contributed by atoms with Crippen LogP contribution in [0.25, 0.3) is 0 Å². The van der Waals surface area contributed by atoms with E-state index in [0.29, 0.717) is 24.2 Å². The standard InChI is InChI=1S/C18H22N6O3/c19-17(26)16-10-24(22-21-16)8-13-6-11-4-5-23(13)9-15(11)18(27)20-12-2-1-3-14(25)7-12/h1-3,7,10-11,13,15,25H,4-6,8-9H2,(H2,19,26)(H,20,27)/p+1/t11-,13+,15-/m0/s1. The quantitative estimate of drug-likeness (QED) is 0.537. The number of primary amides is 1. The molecule has 3 saturated heterocycles. The van der Waals surface area contributed by atoms with Gasteiger partial charge >= 0.3 is 0 Å². The molecular weight excluding hydrogens is 348 g/mol. The number of nitrogens with zero attached hydrogens (tertiary/aromatic N) is 3. The molecule has 2 bridgehead atoms. The fourth-order valence-corrected chi connectivity index (χ4v) is 4.36. The van der Waals surface area contributed by atoms with Crippen LogP contribution in [0.4, 0.5) is 5.69 Å². The first kappa shape index (κ1) is 17.5. The summed E-state index contributed by atoms with van der Waals surface area (Å²) >= 11 is 0. The van der Waals surface area contributed by atoms with Gasteiger partial charge in [0.15, 0.2) is 5.69 Å². The van der Waals surface area contributed by atoms with Gasteiger partial charge < -0.3 is 21.1 Å². The summed E-state index contributed by atoms with van der Waals surface area (Å²) < 4.78 is 1.67. The van der Waals surface area contributed by atoms with Gasteiger partial charge in [0, 0.05) is 24.6 Å². The second-order valence-electron chi connectivity index (χ2n) is 7.43. The summed E-state index contributed by atoms with van der Waals surface area (Å²) in [6, 6.07) is 6.95. The van der Waals surface area contributed by atoms with E-state index in [9.17, 15) is 14.7 Å². The third kappa shape index (κ3) is 3.63. The van der Waals surface area contributed by atoms with E-state index in [0.717, 1.165) is 25.9 Å². The summed E-state index contributed by atoms with van der Waals surface area (Å²) in [5.41, 5.74) is 6.01. The molecule has 27 heavy (non-hydrogen) atoms. The molecule has 1 unspecified atom stereocenters. The third-order valence-corrected chi connectivity index (χ3v) is 5.70. The molecular formula is C18H23N6O3+. The van der Waals surface area contributed by atoms with Crippen molar-refractivity contribution in [3.8, 4) is 5.75 Å².